The molecule has 5 nitrogen and oxygen atoms in total. The highest BCUT2D eigenvalue weighted by molar-refractivity contribution is 7.71. The third-order valence-corrected chi connectivity index (χ3v) is 3.67. The first kappa shape index (κ1) is 16.4. The Morgan fingerprint density at radius 1 is 1.23 bits per heavy atom. The van der Waals surface area contributed by atoms with E-state index in [4.69, 9.17) is 12.2 Å². The van der Waals surface area contributed by atoms with Crippen LogP contribution in [0.1, 0.15) is 32.2 Å². The number of hydrogen-bond acceptors (Lipinski definition) is 3. The lowest BCUT2D eigenvalue weighted by Gasteiger charge is -2.18. The summed E-state index contributed by atoms with van der Waals surface area (Å²) < 4.78 is 3.66. The van der Waals surface area contributed by atoms with Gasteiger partial charge < -0.3 is 4.90 Å². The van der Waals surface area contributed by atoms with Crippen molar-refractivity contribution < 1.29 is 4.79 Å². The molecule has 0 radical (unpaired) electrons. The third kappa shape index (κ3) is 3.27. The first-order chi connectivity index (χ1) is 10.2. The Labute approximate surface area is 136 Å². The number of rotatable bonds is 2. The van der Waals surface area contributed by atoms with Gasteiger partial charge in [-0.3, -0.25) is 4.57 Å². The van der Waals surface area contributed by atoms with Gasteiger partial charge in [0, 0.05) is 19.5 Å². The van der Waals surface area contributed by atoms with Crippen LogP contribution < -0.4 is 0 Å². The summed E-state index contributed by atoms with van der Waals surface area (Å²) in [5.41, 5.74) is 0.918. The summed E-state index contributed by atoms with van der Waals surface area (Å²) in [4.78, 5) is 13.7. The van der Waals surface area contributed by atoms with Crippen LogP contribution in [0.5, 0.6) is 0 Å². The largest absolute Gasteiger partial charge is 0.346 e. The zero-order valence-corrected chi connectivity index (χ0v) is 14.5. The minimum absolute atomic E-state index is 0.208. The van der Waals surface area contributed by atoms with Crippen molar-refractivity contribution >= 4 is 18.2 Å². The number of hydrogen-bond donors (Lipinski definition) is 0. The van der Waals surface area contributed by atoms with E-state index in [1.54, 1.807) is 14.1 Å². The van der Waals surface area contributed by atoms with Gasteiger partial charge in [0.25, 0.3) is 0 Å². The van der Waals surface area contributed by atoms with Crippen molar-refractivity contribution in [1.29, 1.82) is 0 Å². The molecule has 0 fully saturated rings. The van der Waals surface area contributed by atoms with E-state index in [1.807, 2.05) is 34.9 Å². The van der Waals surface area contributed by atoms with Crippen LogP contribution in [-0.4, -0.2) is 39.4 Å². The van der Waals surface area contributed by atoms with Gasteiger partial charge in [0.1, 0.15) is 5.82 Å². The van der Waals surface area contributed by atoms with Gasteiger partial charge in [-0.2, -0.15) is 4.68 Å². The predicted molar refractivity (Wildman–Crippen MR) is 89.8 cm³/mol. The minimum atomic E-state index is -0.234. The van der Waals surface area contributed by atoms with Gasteiger partial charge in [-0.1, -0.05) is 51.1 Å². The molecule has 118 valence electrons. The molecule has 0 aliphatic rings. The van der Waals surface area contributed by atoms with Crippen LogP contribution in [0.15, 0.2) is 30.3 Å². The summed E-state index contributed by atoms with van der Waals surface area (Å²) in [5.74, 6) is 0.802. The topological polar surface area (TPSA) is 43.1 Å². The van der Waals surface area contributed by atoms with Gasteiger partial charge in [-0.15, -0.1) is 5.10 Å². The maximum Gasteiger partial charge on any atom is 0.346 e. The second-order valence-corrected chi connectivity index (χ2v) is 6.88. The number of aromatic nitrogens is 3. The van der Waals surface area contributed by atoms with E-state index in [0.717, 1.165) is 11.4 Å². The number of carbonyl (C=O) groups excluding carboxylic acids is 1. The highest BCUT2D eigenvalue weighted by Gasteiger charge is 2.25. The van der Waals surface area contributed by atoms with Crippen molar-refractivity contribution in [1.82, 2.24) is 19.2 Å². The van der Waals surface area contributed by atoms with Crippen molar-refractivity contribution in [3.8, 4) is 0 Å². The third-order valence-electron chi connectivity index (χ3n) is 3.28. The standard InChI is InChI=1S/C16H22N4OS/c1-16(2,3)13-17-20(14(21)18(4)5)15(22)19(13)11-12-9-7-6-8-10-12/h6-10H,11H2,1-5H3. The molecule has 0 spiro atoms. The lowest BCUT2D eigenvalue weighted by atomic mass is 9.95. The summed E-state index contributed by atoms with van der Waals surface area (Å²) in [6.45, 7) is 6.80. The summed E-state index contributed by atoms with van der Waals surface area (Å²) in [6, 6.07) is 9.81. The fourth-order valence-corrected chi connectivity index (χ4v) is 2.44. The first-order valence-corrected chi connectivity index (χ1v) is 7.58. The molecular formula is C16H22N4OS. The average molecular weight is 318 g/mol. The minimum Gasteiger partial charge on any atom is -0.329 e. The SMILES string of the molecule is CN(C)C(=O)n1nc(C(C)(C)C)n(Cc2ccccc2)c1=S. The summed E-state index contributed by atoms with van der Waals surface area (Å²) in [7, 11) is 3.38. The molecule has 0 unspecified atom stereocenters. The fourth-order valence-electron chi connectivity index (χ4n) is 2.17. The van der Waals surface area contributed by atoms with Crippen LogP contribution in [0, 0.1) is 4.77 Å². The molecule has 0 N–H and O–H groups in total. The fraction of sp³-hybridized carbons (Fsp3) is 0.438. The maximum atomic E-state index is 12.3. The summed E-state index contributed by atoms with van der Waals surface area (Å²) >= 11 is 5.49. The summed E-state index contributed by atoms with van der Waals surface area (Å²) in [5, 5.41) is 4.48. The molecule has 1 aromatic carbocycles. The Hall–Kier alpha value is -1.95. The van der Waals surface area contributed by atoms with Crippen LogP contribution in [0.2, 0.25) is 0 Å². The second-order valence-electron chi connectivity index (χ2n) is 6.52. The number of carbonyl (C=O) groups is 1. The van der Waals surface area contributed by atoms with Gasteiger partial charge in [-0.05, 0) is 17.8 Å². The van der Waals surface area contributed by atoms with E-state index in [1.165, 1.54) is 9.58 Å². The Bertz CT molecular complexity index is 723. The molecule has 1 aromatic heterocycles. The van der Waals surface area contributed by atoms with Gasteiger partial charge >= 0.3 is 6.03 Å². The molecule has 2 aromatic rings. The molecule has 6 heteroatoms. The Morgan fingerprint density at radius 3 is 2.32 bits per heavy atom. The average Bonchev–Trinajstić information content (AvgIpc) is 2.76. The van der Waals surface area contributed by atoms with Crippen LogP contribution in [0.4, 0.5) is 4.79 Å². The van der Waals surface area contributed by atoms with E-state index < -0.39 is 0 Å². The van der Waals surface area contributed by atoms with Crippen LogP contribution >= 0.6 is 12.2 Å². The Morgan fingerprint density at radius 2 is 1.82 bits per heavy atom. The molecule has 22 heavy (non-hydrogen) atoms. The highest BCUT2D eigenvalue weighted by Crippen LogP contribution is 2.22. The molecule has 1 heterocycles. The second kappa shape index (κ2) is 6.04. The normalized spacial score (nSPS) is 11.5. The van der Waals surface area contributed by atoms with Crippen molar-refractivity contribution in [2.75, 3.05) is 14.1 Å². The smallest absolute Gasteiger partial charge is 0.329 e. The van der Waals surface area contributed by atoms with Crippen LogP contribution in [-0.2, 0) is 12.0 Å². The zero-order chi connectivity index (χ0) is 16.5. The molecule has 0 atom stereocenters. The van der Waals surface area contributed by atoms with Crippen molar-refractivity contribution in [3.05, 3.63) is 46.5 Å². The first-order valence-electron chi connectivity index (χ1n) is 7.17. The summed E-state index contributed by atoms with van der Waals surface area (Å²) in [6.07, 6.45) is 0. The van der Waals surface area contributed by atoms with E-state index in [9.17, 15) is 4.79 Å². The van der Waals surface area contributed by atoms with Crippen LogP contribution in [0.25, 0.3) is 0 Å². The quantitative estimate of drug-likeness (QED) is 0.798. The Balaban J connectivity index is 2.56. The highest BCUT2D eigenvalue weighted by atomic mass is 32.1. The molecule has 0 saturated heterocycles. The molecule has 0 aliphatic carbocycles. The van der Waals surface area contributed by atoms with Crippen molar-refractivity contribution in [3.63, 3.8) is 0 Å². The number of amides is 1. The molecule has 1 amide bonds. The Kier molecular flexibility index (Phi) is 4.51. The zero-order valence-electron chi connectivity index (χ0n) is 13.7. The van der Waals surface area contributed by atoms with Gasteiger partial charge in [0.2, 0.25) is 4.77 Å². The maximum absolute atomic E-state index is 12.3. The van der Waals surface area contributed by atoms with Gasteiger partial charge in [0.15, 0.2) is 0 Å². The lowest BCUT2D eigenvalue weighted by Crippen LogP contribution is -2.28. The molecule has 2 rings (SSSR count). The molecule has 0 aliphatic heterocycles. The monoisotopic (exact) mass is 318 g/mol. The van der Waals surface area contributed by atoms with Crippen molar-refractivity contribution in [2.45, 2.75) is 32.7 Å². The lowest BCUT2D eigenvalue weighted by molar-refractivity contribution is 0.215. The predicted octanol–water partition coefficient (Wildman–Crippen LogP) is 3.29. The van der Waals surface area contributed by atoms with E-state index in [0.29, 0.717) is 11.3 Å². The van der Waals surface area contributed by atoms with Crippen LogP contribution in [0.3, 0.4) is 0 Å². The van der Waals surface area contributed by atoms with Gasteiger partial charge in [0.05, 0.1) is 6.54 Å². The molecule has 0 bridgehead atoms. The molecular weight excluding hydrogens is 296 g/mol. The number of benzene rings is 1. The number of nitrogens with zero attached hydrogens (tertiary/aromatic N) is 4. The van der Waals surface area contributed by atoms with Gasteiger partial charge in [-0.25, -0.2) is 4.79 Å². The van der Waals surface area contributed by atoms with E-state index >= 15 is 0 Å². The van der Waals surface area contributed by atoms with E-state index in [-0.39, 0.29) is 11.4 Å². The van der Waals surface area contributed by atoms with Crippen molar-refractivity contribution in [2.24, 2.45) is 0 Å². The van der Waals surface area contributed by atoms with E-state index in [2.05, 4.69) is 25.9 Å². The molecule has 0 saturated carbocycles.